The van der Waals surface area contributed by atoms with Crippen molar-refractivity contribution in [3.63, 3.8) is 0 Å². The van der Waals surface area contributed by atoms with E-state index >= 15 is 0 Å². The highest BCUT2D eigenvalue weighted by Gasteiger charge is 2.06. The first-order valence-corrected chi connectivity index (χ1v) is 7.07. The minimum atomic E-state index is -2.34. The number of hydrogen-bond acceptors (Lipinski definition) is 3. The molecule has 4 heteroatoms. The third-order valence-electron chi connectivity index (χ3n) is 2.84. The Balaban J connectivity index is 2.21. The molecule has 0 bridgehead atoms. The van der Waals surface area contributed by atoms with Crippen LogP contribution in [0.5, 0.6) is 0 Å². The van der Waals surface area contributed by atoms with Gasteiger partial charge in [0.05, 0.1) is 5.75 Å². The van der Waals surface area contributed by atoms with Crippen LogP contribution in [0.25, 0.3) is 11.1 Å². The first kappa shape index (κ1) is 13.6. The first-order chi connectivity index (χ1) is 9.06. The van der Waals surface area contributed by atoms with Crippen LogP contribution in [0.15, 0.2) is 48.5 Å². The average molecular weight is 273 g/mol. The lowest BCUT2D eigenvalue weighted by Gasteiger charge is -2.06. The fraction of sp³-hybridized carbons (Fsp3) is 0.133. The predicted molar refractivity (Wildman–Crippen MR) is 74.7 cm³/mol. The van der Waals surface area contributed by atoms with Crippen LogP contribution in [0, 0.1) is 6.92 Å². The Morgan fingerprint density at radius 2 is 1.47 bits per heavy atom. The van der Waals surface area contributed by atoms with Gasteiger partial charge in [0, 0.05) is 5.56 Å². The zero-order valence-electron chi connectivity index (χ0n) is 10.5. The van der Waals surface area contributed by atoms with Gasteiger partial charge in [0.15, 0.2) is 5.78 Å². The van der Waals surface area contributed by atoms with Crippen molar-refractivity contribution in [2.45, 2.75) is 6.92 Å². The van der Waals surface area contributed by atoms with E-state index < -0.39 is 16.8 Å². The molecule has 0 saturated carbocycles. The highest BCUT2D eigenvalue weighted by atomic mass is 32.2. The summed E-state index contributed by atoms with van der Waals surface area (Å²) < 4.78 is 21.0. The summed E-state index contributed by atoms with van der Waals surface area (Å²) in [7, 11) is 0. The van der Waals surface area contributed by atoms with Gasteiger partial charge < -0.3 is 4.55 Å². The van der Waals surface area contributed by atoms with Crippen molar-refractivity contribution in [1.82, 2.24) is 0 Å². The molecule has 19 heavy (non-hydrogen) atoms. The van der Waals surface area contributed by atoms with Gasteiger partial charge in [0.1, 0.15) is 0 Å². The van der Waals surface area contributed by atoms with Gasteiger partial charge in [-0.15, -0.1) is 0 Å². The molecule has 1 unspecified atom stereocenters. The second kappa shape index (κ2) is 5.91. The quantitative estimate of drug-likeness (QED) is 0.635. The molecular formula is C15H13O3S-. The summed E-state index contributed by atoms with van der Waals surface area (Å²) in [6.45, 7) is 2.02. The maximum atomic E-state index is 11.6. The van der Waals surface area contributed by atoms with E-state index in [1.165, 1.54) is 5.56 Å². The number of rotatable bonds is 4. The molecule has 0 heterocycles. The molecule has 0 N–H and O–H groups in total. The fourth-order valence-corrected chi connectivity index (χ4v) is 2.17. The SMILES string of the molecule is Cc1ccc(-c2ccc(C(=O)CS(=O)[O-])cc2)cc1. The van der Waals surface area contributed by atoms with E-state index in [4.69, 9.17) is 0 Å². The molecule has 0 radical (unpaired) electrons. The molecule has 0 aliphatic carbocycles. The molecule has 0 spiro atoms. The van der Waals surface area contributed by atoms with Gasteiger partial charge >= 0.3 is 0 Å². The standard InChI is InChI=1S/C15H14O3S/c1-11-2-4-12(5-3-11)13-6-8-14(9-7-13)15(16)10-19(17)18/h2-9H,10H2,1H3,(H,17,18)/p-1. The number of benzene rings is 2. The molecule has 0 aliphatic heterocycles. The van der Waals surface area contributed by atoms with Crippen LogP contribution in [0.3, 0.4) is 0 Å². The summed E-state index contributed by atoms with van der Waals surface area (Å²) in [6.07, 6.45) is 0. The Labute approximate surface area is 114 Å². The number of Topliss-reactive ketones (excluding diaryl/α,β-unsaturated/α-hetero) is 1. The van der Waals surface area contributed by atoms with Crippen molar-refractivity contribution >= 4 is 16.9 Å². The van der Waals surface area contributed by atoms with Crippen LogP contribution in [0.1, 0.15) is 15.9 Å². The van der Waals surface area contributed by atoms with E-state index in [-0.39, 0.29) is 5.78 Å². The number of aryl methyl sites for hydroxylation is 1. The zero-order valence-corrected chi connectivity index (χ0v) is 11.3. The second-order valence-electron chi connectivity index (χ2n) is 4.31. The van der Waals surface area contributed by atoms with Crippen molar-refractivity contribution in [2.24, 2.45) is 0 Å². The van der Waals surface area contributed by atoms with Gasteiger partial charge in [-0.05, 0) is 29.1 Å². The lowest BCUT2D eigenvalue weighted by atomic mass is 10.0. The smallest absolute Gasteiger partial charge is 0.174 e. The topological polar surface area (TPSA) is 57.2 Å². The Kier molecular flexibility index (Phi) is 4.24. The van der Waals surface area contributed by atoms with Crippen molar-refractivity contribution in [3.05, 3.63) is 59.7 Å². The third-order valence-corrected chi connectivity index (χ3v) is 3.34. The van der Waals surface area contributed by atoms with E-state index in [2.05, 4.69) is 0 Å². The number of carbonyl (C=O) groups is 1. The molecule has 2 aromatic rings. The Hall–Kier alpha value is -1.78. The van der Waals surface area contributed by atoms with Gasteiger partial charge in [-0.1, -0.05) is 54.1 Å². The Morgan fingerprint density at radius 1 is 1.00 bits per heavy atom. The monoisotopic (exact) mass is 273 g/mol. The summed E-state index contributed by atoms with van der Waals surface area (Å²) in [5, 5.41) is 0. The zero-order chi connectivity index (χ0) is 13.8. The normalized spacial score (nSPS) is 12.1. The summed E-state index contributed by atoms with van der Waals surface area (Å²) in [5.74, 6) is -0.854. The summed E-state index contributed by atoms with van der Waals surface area (Å²) in [6, 6.07) is 15.0. The third kappa shape index (κ3) is 3.59. The van der Waals surface area contributed by atoms with Crippen LogP contribution in [-0.4, -0.2) is 20.3 Å². The molecule has 0 aromatic heterocycles. The van der Waals surface area contributed by atoms with Crippen LogP contribution in [0.4, 0.5) is 0 Å². The molecule has 98 valence electrons. The highest BCUT2D eigenvalue weighted by Crippen LogP contribution is 2.20. The number of carbonyl (C=O) groups excluding carboxylic acids is 1. The summed E-state index contributed by atoms with van der Waals surface area (Å²) in [5.41, 5.74) is 3.67. The van der Waals surface area contributed by atoms with Gasteiger partial charge in [0.2, 0.25) is 0 Å². The van der Waals surface area contributed by atoms with Crippen LogP contribution < -0.4 is 0 Å². The van der Waals surface area contributed by atoms with Gasteiger partial charge in [-0.2, -0.15) is 0 Å². The average Bonchev–Trinajstić information content (AvgIpc) is 2.39. The predicted octanol–water partition coefficient (Wildman–Crippen LogP) is 2.72. The minimum absolute atomic E-state index is 0.385. The van der Waals surface area contributed by atoms with Crippen LogP contribution in [-0.2, 0) is 11.1 Å². The Morgan fingerprint density at radius 3 is 1.95 bits per heavy atom. The second-order valence-corrected chi connectivity index (χ2v) is 5.21. The van der Waals surface area contributed by atoms with Crippen LogP contribution >= 0.6 is 0 Å². The molecule has 2 rings (SSSR count). The van der Waals surface area contributed by atoms with Crippen molar-refractivity contribution in [2.75, 3.05) is 5.75 Å². The van der Waals surface area contributed by atoms with E-state index in [1.54, 1.807) is 12.1 Å². The lowest BCUT2D eigenvalue weighted by Crippen LogP contribution is -2.09. The van der Waals surface area contributed by atoms with Crippen molar-refractivity contribution in [3.8, 4) is 11.1 Å². The van der Waals surface area contributed by atoms with E-state index in [0.717, 1.165) is 11.1 Å². The fourth-order valence-electron chi connectivity index (χ4n) is 1.78. The Bertz CT molecular complexity index is 600. The van der Waals surface area contributed by atoms with Crippen molar-refractivity contribution in [1.29, 1.82) is 0 Å². The maximum absolute atomic E-state index is 11.6. The molecule has 2 aromatic carbocycles. The molecule has 0 aliphatic rings. The van der Waals surface area contributed by atoms with Gasteiger partial charge in [-0.3, -0.25) is 9.00 Å². The molecule has 1 atom stereocenters. The number of hydrogen-bond donors (Lipinski definition) is 0. The molecule has 0 fully saturated rings. The van der Waals surface area contributed by atoms with E-state index in [9.17, 15) is 13.6 Å². The molecular weight excluding hydrogens is 260 g/mol. The highest BCUT2D eigenvalue weighted by molar-refractivity contribution is 7.79. The maximum Gasteiger partial charge on any atom is 0.174 e. The lowest BCUT2D eigenvalue weighted by molar-refractivity contribution is 0.102. The summed E-state index contributed by atoms with van der Waals surface area (Å²) >= 11 is -2.34. The molecule has 0 amide bonds. The van der Waals surface area contributed by atoms with Gasteiger partial charge in [0.25, 0.3) is 0 Å². The molecule has 3 nitrogen and oxygen atoms in total. The molecule has 0 saturated heterocycles. The van der Waals surface area contributed by atoms with Crippen molar-refractivity contribution < 1.29 is 13.6 Å². The first-order valence-electron chi connectivity index (χ1n) is 5.82. The summed E-state index contributed by atoms with van der Waals surface area (Å²) in [4.78, 5) is 11.6. The minimum Gasteiger partial charge on any atom is -0.772 e. The largest absolute Gasteiger partial charge is 0.772 e. The van der Waals surface area contributed by atoms with E-state index in [1.807, 2.05) is 43.3 Å². The van der Waals surface area contributed by atoms with E-state index in [0.29, 0.717) is 5.56 Å². The number of ketones is 1. The van der Waals surface area contributed by atoms with Crippen LogP contribution in [0.2, 0.25) is 0 Å². The van der Waals surface area contributed by atoms with Gasteiger partial charge in [-0.25, -0.2) is 0 Å².